The molecule has 102 valence electrons. The van der Waals surface area contributed by atoms with Crippen molar-refractivity contribution in [3.8, 4) is 10.6 Å². The molecule has 0 unspecified atom stereocenters. The third-order valence-electron chi connectivity index (χ3n) is 3.04. The van der Waals surface area contributed by atoms with Gasteiger partial charge in [0.2, 0.25) is 0 Å². The van der Waals surface area contributed by atoms with Gasteiger partial charge in [-0.05, 0) is 30.7 Å². The highest BCUT2D eigenvalue weighted by atomic mass is 32.1. The molecule has 2 rings (SSSR count). The van der Waals surface area contributed by atoms with Crippen molar-refractivity contribution in [2.45, 2.75) is 26.4 Å². The lowest BCUT2D eigenvalue weighted by Crippen LogP contribution is -2.07. The van der Waals surface area contributed by atoms with E-state index in [1.807, 2.05) is 14.1 Å². The van der Waals surface area contributed by atoms with Crippen molar-refractivity contribution in [1.29, 1.82) is 0 Å². The second-order valence-electron chi connectivity index (χ2n) is 4.74. The van der Waals surface area contributed by atoms with Crippen LogP contribution in [0.15, 0.2) is 24.3 Å². The number of aliphatic hydroxyl groups is 1. The summed E-state index contributed by atoms with van der Waals surface area (Å²) in [5.41, 5.74) is 3.34. The lowest BCUT2D eigenvalue weighted by molar-refractivity contribution is 0.284. The number of aliphatic hydroxyl groups excluding tert-OH is 1. The van der Waals surface area contributed by atoms with E-state index < -0.39 is 0 Å². The summed E-state index contributed by atoms with van der Waals surface area (Å²) in [7, 11) is 4.06. The zero-order valence-corrected chi connectivity index (χ0v) is 12.5. The quantitative estimate of drug-likeness (QED) is 0.910. The fourth-order valence-electron chi connectivity index (χ4n) is 1.96. The molecule has 1 aromatic carbocycles. The van der Waals surface area contributed by atoms with Crippen molar-refractivity contribution < 1.29 is 5.11 Å². The first-order chi connectivity index (χ1) is 9.15. The second-order valence-corrected chi connectivity index (χ2v) is 5.82. The number of aromatic nitrogens is 1. The fourth-order valence-corrected chi connectivity index (χ4v) is 2.94. The molecule has 0 saturated carbocycles. The molecule has 1 aromatic heterocycles. The van der Waals surface area contributed by atoms with E-state index in [4.69, 9.17) is 0 Å². The predicted octanol–water partition coefficient (Wildman–Crippen LogP) is 3.32. The topological polar surface area (TPSA) is 36.4 Å². The van der Waals surface area contributed by atoms with Crippen LogP contribution in [0.5, 0.6) is 0 Å². The van der Waals surface area contributed by atoms with E-state index in [-0.39, 0.29) is 6.61 Å². The zero-order chi connectivity index (χ0) is 13.8. The summed E-state index contributed by atoms with van der Waals surface area (Å²) in [5.74, 6) is 0. The SMILES string of the molecule is CCCc1nc(-c2ccc(N(C)C)cc2)sc1CO. The number of aryl methyl sites for hydroxylation is 1. The summed E-state index contributed by atoms with van der Waals surface area (Å²) in [4.78, 5) is 7.73. The van der Waals surface area contributed by atoms with Crippen LogP contribution >= 0.6 is 11.3 Å². The van der Waals surface area contributed by atoms with Gasteiger partial charge in [-0.2, -0.15) is 0 Å². The molecule has 0 spiro atoms. The van der Waals surface area contributed by atoms with Crippen LogP contribution < -0.4 is 4.90 Å². The van der Waals surface area contributed by atoms with Gasteiger partial charge < -0.3 is 10.0 Å². The van der Waals surface area contributed by atoms with E-state index in [1.54, 1.807) is 11.3 Å². The van der Waals surface area contributed by atoms with E-state index in [0.717, 1.165) is 34.0 Å². The number of rotatable bonds is 5. The van der Waals surface area contributed by atoms with Crippen molar-refractivity contribution in [3.63, 3.8) is 0 Å². The maximum Gasteiger partial charge on any atom is 0.123 e. The Morgan fingerprint density at radius 2 is 1.89 bits per heavy atom. The molecule has 0 aliphatic carbocycles. The molecule has 0 fully saturated rings. The van der Waals surface area contributed by atoms with E-state index >= 15 is 0 Å². The van der Waals surface area contributed by atoms with E-state index in [1.165, 1.54) is 5.69 Å². The number of benzene rings is 1. The molecule has 3 nitrogen and oxygen atoms in total. The first-order valence-electron chi connectivity index (χ1n) is 6.53. The highest BCUT2D eigenvalue weighted by Gasteiger charge is 2.11. The maximum atomic E-state index is 9.39. The second kappa shape index (κ2) is 6.17. The highest BCUT2D eigenvalue weighted by molar-refractivity contribution is 7.15. The van der Waals surface area contributed by atoms with Crippen LogP contribution in [0.4, 0.5) is 5.69 Å². The largest absolute Gasteiger partial charge is 0.391 e. The van der Waals surface area contributed by atoms with Crippen molar-refractivity contribution >= 4 is 17.0 Å². The molecule has 19 heavy (non-hydrogen) atoms. The van der Waals surface area contributed by atoms with Gasteiger partial charge in [0, 0.05) is 25.3 Å². The summed E-state index contributed by atoms with van der Waals surface area (Å²) in [6, 6.07) is 8.36. The van der Waals surface area contributed by atoms with Crippen LogP contribution in [0, 0.1) is 0 Å². The molecule has 0 bridgehead atoms. The van der Waals surface area contributed by atoms with Gasteiger partial charge in [0.15, 0.2) is 0 Å². The molecular formula is C15H20N2OS. The summed E-state index contributed by atoms with van der Waals surface area (Å²) < 4.78 is 0. The van der Waals surface area contributed by atoms with Crippen LogP contribution in [0.1, 0.15) is 23.9 Å². The summed E-state index contributed by atoms with van der Waals surface area (Å²) in [6.07, 6.45) is 1.98. The van der Waals surface area contributed by atoms with Gasteiger partial charge >= 0.3 is 0 Å². The Morgan fingerprint density at radius 3 is 2.42 bits per heavy atom. The third-order valence-corrected chi connectivity index (χ3v) is 4.17. The van der Waals surface area contributed by atoms with Crippen molar-refractivity contribution in [1.82, 2.24) is 4.98 Å². The number of anilines is 1. The molecule has 1 heterocycles. The van der Waals surface area contributed by atoms with Gasteiger partial charge in [0.05, 0.1) is 17.2 Å². The maximum absolute atomic E-state index is 9.39. The number of nitrogens with zero attached hydrogens (tertiary/aromatic N) is 2. The van der Waals surface area contributed by atoms with Gasteiger partial charge in [-0.25, -0.2) is 4.98 Å². The monoisotopic (exact) mass is 276 g/mol. The Labute approximate surface area is 118 Å². The van der Waals surface area contributed by atoms with Crippen LogP contribution in [0.2, 0.25) is 0 Å². The summed E-state index contributed by atoms with van der Waals surface area (Å²) in [6.45, 7) is 2.22. The van der Waals surface area contributed by atoms with Gasteiger partial charge in [0.1, 0.15) is 5.01 Å². The third kappa shape index (κ3) is 3.14. The molecule has 0 atom stereocenters. The molecule has 0 radical (unpaired) electrons. The molecule has 0 aliphatic rings. The van der Waals surface area contributed by atoms with Crippen molar-refractivity contribution in [2.75, 3.05) is 19.0 Å². The zero-order valence-electron chi connectivity index (χ0n) is 11.7. The number of hydrogen-bond donors (Lipinski definition) is 1. The Bertz CT molecular complexity index is 532. The molecule has 1 N–H and O–H groups in total. The average Bonchev–Trinajstić information content (AvgIpc) is 2.82. The van der Waals surface area contributed by atoms with Crippen molar-refractivity contribution in [3.05, 3.63) is 34.8 Å². The van der Waals surface area contributed by atoms with E-state index in [0.29, 0.717) is 0 Å². The average molecular weight is 276 g/mol. The van der Waals surface area contributed by atoms with Crippen molar-refractivity contribution in [2.24, 2.45) is 0 Å². The fraction of sp³-hybridized carbons (Fsp3) is 0.400. The minimum absolute atomic E-state index is 0.0861. The van der Waals surface area contributed by atoms with Gasteiger partial charge in [-0.15, -0.1) is 11.3 Å². The Kier molecular flexibility index (Phi) is 4.56. The standard InChI is InChI=1S/C15H20N2OS/c1-4-5-13-14(10-18)19-15(16-13)11-6-8-12(9-7-11)17(2)3/h6-9,18H,4-5,10H2,1-3H3. The van der Waals surface area contributed by atoms with Crippen LogP contribution in [0.25, 0.3) is 10.6 Å². The molecule has 0 saturated heterocycles. The first-order valence-corrected chi connectivity index (χ1v) is 7.34. The number of thiazole rings is 1. The smallest absolute Gasteiger partial charge is 0.123 e. The predicted molar refractivity (Wildman–Crippen MR) is 81.8 cm³/mol. The van der Waals surface area contributed by atoms with Gasteiger partial charge in [-0.3, -0.25) is 0 Å². The lowest BCUT2D eigenvalue weighted by Gasteiger charge is -2.11. The Morgan fingerprint density at radius 1 is 1.21 bits per heavy atom. The Hall–Kier alpha value is -1.39. The van der Waals surface area contributed by atoms with Gasteiger partial charge in [0.25, 0.3) is 0 Å². The first kappa shape index (κ1) is 14.0. The summed E-state index contributed by atoms with van der Waals surface area (Å²) in [5, 5.41) is 10.4. The molecule has 4 heteroatoms. The molecular weight excluding hydrogens is 256 g/mol. The molecule has 2 aromatic rings. The lowest BCUT2D eigenvalue weighted by atomic mass is 10.2. The highest BCUT2D eigenvalue weighted by Crippen LogP contribution is 2.30. The van der Waals surface area contributed by atoms with E-state index in [9.17, 15) is 5.11 Å². The van der Waals surface area contributed by atoms with E-state index in [2.05, 4.69) is 41.1 Å². The van der Waals surface area contributed by atoms with Crippen LogP contribution in [0.3, 0.4) is 0 Å². The normalized spacial score (nSPS) is 10.7. The molecule has 0 aliphatic heterocycles. The summed E-state index contributed by atoms with van der Waals surface area (Å²) >= 11 is 1.59. The minimum Gasteiger partial charge on any atom is -0.391 e. The van der Waals surface area contributed by atoms with Crippen LogP contribution in [-0.2, 0) is 13.0 Å². The minimum atomic E-state index is 0.0861. The Balaban J connectivity index is 2.30. The van der Waals surface area contributed by atoms with Crippen LogP contribution in [-0.4, -0.2) is 24.2 Å². The van der Waals surface area contributed by atoms with Gasteiger partial charge in [-0.1, -0.05) is 13.3 Å². The number of hydrogen-bond acceptors (Lipinski definition) is 4. The molecule has 0 amide bonds.